The predicted molar refractivity (Wildman–Crippen MR) is 119 cm³/mol. The van der Waals surface area contributed by atoms with Crippen molar-refractivity contribution in [2.24, 2.45) is 4.99 Å². The zero-order valence-electron chi connectivity index (χ0n) is 17.2. The van der Waals surface area contributed by atoms with E-state index in [2.05, 4.69) is 76.5 Å². The SMILES string of the molecule is CCN(C(=NCC(C)(CN[C@H](C)[C@@H](C)OC)NCCl)NI)[C@H](C)COC. The normalized spacial score (nSPS) is 18.1. The molecule has 156 valence electrons. The van der Waals surface area contributed by atoms with Gasteiger partial charge in [0.25, 0.3) is 0 Å². The van der Waals surface area contributed by atoms with Crippen molar-refractivity contribution >= 4 is 40.4 Å². The molecule has 0 aromatic carbocycles. The van der Waals surface area contributed by atoms with E-state index in [1.807, 2.05) is 0 Å². The smallest absolute Gasteiger partial charge is 0.203 e. The summed E-state index contributed by atoms with van der Waals surface area (Å²) in [4.78, 5) is 7.02. The molecule has 0 fully saturated rings. The van der Waals surface area contributed by atoms with Crippen LogP contribution >= 0.6 is 34.5 Å². The largest absolute Gasteiger partial charge is 0.383 e. The average molecular weight is 506 g/mol. The Morgan fingerprint density at radius 2 is 1.96 bits per heavy atom. The van der Waals surface area contributed by atoms with Crippen LogP contribution in [0.5, 0.6) is 0 Å². The molecule has 1 unspecified atom stereocenters. The van der Waals surface area contributed by atoms with Gasteiger partial charge in [0, 0.05) is 38.9 Å². The molecule has 0 saturated heterocycles. The molecule has 0 radical (unpaired) electrons. The molecule has 4 atom stereocenters. The third kappa shape index (κ3) is 9.36. The van der Waals surface area contributed by atoms with Gasteiger partial charge in [-0.05, 0) is 34.6 Å². The predicted octanol–water partition coefficient (Wildman–Crippen LogP) is 2.20. The van der Waals surface area contributed by atoms with Crippen LogP contribution in [0.15, 0.2) is 4.99 Å². The Morgan fingerprint density at radius 1 is 1.31 bits per heavy atom. The lowest BCUT2D eigenvalue weighted by Gasteiger charge is -2.33. The first-order valence-electron chi connectivity index (χ1n) is 9.02. The monoisotopic (exact) mass is 505 g/mol. The van der Waals surface area contributed by atoms with Crippen molar-refractivity contribution in [2.75, 3.05) is 46.5 Å². The van der Waals surface area contributed by atoms with Crippen molar-refractivity contribution in [3.05, 3.63) is 0 Å². The maximum absolute atomic E-state index is 5.97. The van der Waals surface area contributed by atoms with Gasteiger partial charge in [-0.1, -0.05) is 0 Å². The van der Waals surface area contributed by atoms with Gasteiger partial charge in [-0.3, -0.25) is 13.8 Å². The number of hydrogen-bond donors (Lipinski definition) is 3. The second kappa shape index (κ2) is 14.2. The molecule has 26 heavy (non-hydrogen) atoms. The van der Waals surface area contributed by atoms with Gasteiger partial charge in [-0.2, -0.15) is 0 Å². The highest BCUT2D eigenvalue weighted by Crippen LogP contribution is 2.08. The molecule has 9 heteroatoms. The number of nitrogens with one attached hydrogen (secondary N) is 3. The van der Waals surface area contributed by atoms with Crippen LogP contribution in [-0.4, -0.2) is 81.1 Å². The summed E-state index contributed by atoms with van der Waals surface area (Å²) in [5, 5.41) is 6.86. The Bertz CT molecular complexity index is 405. The average Bonchev–Trinajstić information content (AvgIpc) is 2.62. The minimum Gasteiger partial charge on any atom is -0.383 e. The first kappa shape index (κ1) is 26.1. The summed E-state index contributed by atoms with van der Waals surface area (Å²) in [6.07, 6.45) is 0.135. The fourth-order valence-corrected chi connectivity index (χ4v) is 3.32. The fraction of sp³-hybridized carbons (Fsp3) is 0.941. The Hall–Kier alpha value is 0.130. The summed E-state index contributed by atoms with van der Waals surface area (Å²) in [6.45, 7) is 13.3. The van der Waals surface area contributed by atoms with Gasteiger partial charge in [-0.25, -0.2) is 0 Å². The van der Waals surface area contributed by atoms with E-state index >= 15 is 0 Å². The van der Waals surface area contributed by atoms with Crippen LogP contribution in [0.1, 0.15) is 34.6 Å². The Labute approximate surface area is 178 Å². The lowest BCUT2D eigenvalue weighted by molar-refractivity contribution is 0.0861. The molecule has 0 aromatic rings. The number of aliphatic imine (C=N–C) groups is 1. The summed E-state index contributed by atoms with van der Waals surface area (Å²) < 4.78 is 13.9. The van der Waals surface area contributed by atoms with Crippen molar-refractivity contribution in [3.63, 3.8) is 0 Å². The Kier molecular flexibility index (Phi) is 14.2. The quantitative estimate of drug-likeness (QED) is 0.0890. The summed E-state index contributed by atoms with van der Waals surface area (Å²) >= 11 is 8.09. The van der Waals surface area contributed by atoms with Crippen LogP contribution in [0.2, 0.25) is 0 Å². The topological polar surface area (TPSA) is 70.2 Å². The molecule has 0 amide bonds. The number of guanidine groups is 1. The zero-order chi connectivity index (χ0) is 20.2. The van der Waals surface area contributed by atoms with E-state index in [1.54, 1.807) is 14.2 Å². The van der Waals surface area contributed by atoms with E-state index in [0.29, 0.717) is 19.2 Å². The van der Waals surface area contributed by atoms with Crippen molar-refractivity contribution in [1.82, 2.24) is 19.1 Å². The molecule has 7 nitrogen and oxygen atoms in total. The number of hydrogen-bond acceptors (Lipinski definition) is 5. The number of ether oxygens (including phenoxy) is 2. The van der Waals surface area contributed by atoms with Crippen LogP contribution in [0, 0.1) is 0 Å². The van der Waals surface area contributed by atoms with E-state index < -0.39 is 0 Å². The molecule has 3 N–H and O–H groups in total. The second-order valence-corrected chi connectivity index (χ2v) is 7.61. The lowest BCUT2D eigenvalue weighted by atomic mass is 10.0. The van der Waals surface area contributed by atoms with E-state index in [9.17, 15) is 0 Å². The maximum Gasteiger partial charge on any atom is 0.203 e. The number of rotatable bonds is 13. The maximum atomic E-state index is 5.97. The molecule has 0 aliphatic heterocycles. The van der Waals surface area contributed by atoms with Gasteiger partial charge in [0.05, 0.1) is 54.2 Å². The van der Waals surface area contributed by atoms with Gasteiger partial charge < -0.3 is 19.7 Å². The van der Waals surface area contributed by atoms with Crippen molar-refractivity contribution in [2.45, 2.75) is 58.3 Å². The van der Waals surface area contributed by atoms with E-state index in [1.165, 1.54) is 0 Å². The molecule has 0 aromatic heterocycles. The van der Waals surface area contributed by atoms with Crippen LogP contribution in [-0.2, 0) is 9.47 Å². The van der Waals surface area contributed by atoms with Gasteiger partial charge in [-0.15, -0.1) is 11.6 Å². The third-order valence-electron chi connectivity index (χ3n) is 4.60. The molecule has 0 rings (SSSR count). The first-order valence-corrected chi connectivity index (χ1v) is 10.6. The third-order valence-corrected chi connectivity index (χ3v) is 5.21. The number of halogens is 2. The number of methoxy groups -OCH3 is 2. The highest BCUT2D eigenvalue weighted by Gasteiger charge is 2.26. The van der Waals surface area contributed by atoms with Crippen molar-refractivity contribution in [1.29, 1.82) is 0 Å². The molecule has 0 bridgehead atoms. The van der Waals surface area contributed by atoms with Crippen LogP contribution in [0.4, 0.5) is 0 Å². The minimum atomic E-state index is -0.272. The van der Waals surface area contributed by atoms with Crippen molar-refractivity contribution < 1.29 is 9.47 Å². The summed E-state index contributed by atoms with van der Waals surface area (Å²) in [5.41, 5.74) is -0.272. The van der Waals surface area contributed by atoms with E-state index in [4.69, 9.17) is 26.1 Å². The summed E-state index contributed by atoms with van der Waals surface area (Å²) in [7, 11) is 3.44. The molecule has 0 aliphatic rings. The van der Waals surface area contributed by atoms with Crippen LogP contribution < -0.4 is 14.2 Å². The molecule has 0 heterocycles. The second-order valence-electron chi connectivity index (χ2n) is 6.81. The number of likely N-dealkylation sites (N-methyl/N-ethyl adjacent to an activating group) is 1. The van der Waals surface area contributed by atoms with Crippen LogP contribution in [0.25, 0.3) is 0 Å². The molecular weight excluding hydrogens is 469 g/mol. The molecule has 0 spiro atoms. The van der Waals surface area contributed by atoms with Crippen molar-refractivity contribution in [3.8, 4) is 0 Å². The van der Waals surface area contributed by atoms with Gasteiger partial charge in [0.2, 0.25) is 5.96 Å². The molecule has 0 saturated carbocycles. The standard InChI is InChI=1S/C17H37ClIN5O2/c1-8-24(13(2)9-25-6)16(23-19)21-11-17(5,22-12-18)10-20-14(3)15(4)26-7/h13-15,20,22H,8-12H2,1-7H3,(H,21,23)/t13-,14-,15-,17?/m1/s1. The highest BCUT2D eigenvalue weighted by atomic mass is 127. The lowest BCUT2D eigenvalue weighted by Crippen LogP contribution is -2.55. The summed E-state index contributed by atoms with van der Waals surface area (Å²) in [5.74, 6) is 0.846. The minimum absolute atomic E-state index is 0.135. The Morgan fingerprint density at radius 3 is 2.42 bits per heavy atom. The first-order chi connectivity index (χ1) is 12.3. The van der Waals surface area contributed by atoms with E-state index in [0.717, 1.165) is 19.0 Å². The van der Waals surface area contributed by atoms with Gasteiger partial charge in [0.1, 0.15) is 0 Å². The molecular formula is C17H37ClIN5O2. The van der Waals surface area contributed by atoms with Gasteiger partial charge >= 0.3 is 0 Å². The number of alkyl halides is 1. The Balaban J connectivity index is 5.09. The van der Waals surface area contributed by atoms with Crippen LogP contribution in [0.3, 0.4) is 0 Å². The fourth-order valence-electron chi connectivity index (χ4n) is 2.52. The molecule has 0 aliphatic carbocycles. The number of nitrogens with zero attached hydrogens (tertiary/aromatic N) is 2. The van der Waals surface area contributed by atoms with E-state index in [-0.39, 0.29) is 23.7 Å². The van der Waals surface area contributed by atoms with Gasteiger partial charge in [0.15, 0.2) is 0 Å². The summed E-state index contributed by atoms with van der Waals surface area (Å²) in [6, 6.07) is 0.836. The zero-order valence-corrected chi connectivity index (χ0v) is 20.1. The highest BCUT2D eigenvalue weighted by molar-refractivity contribution is 14.1.